The van der Waals surface area contributed by atoms with E-state index in [9.17, 15) is 9.59 Å². The van der Waals surface area contributed by atoms with Crippen LogP contribution in [0.1, 0.15) is 6.92 Å². The second kappa shape index (κ2) is 3.23. The first-order valence-corrected chi connectivity index (χ1v) is 4.08. The van der Waals surface area contributed by atoms with Gasteiger partial charge in [-0.2, -0.15) is 0 Å². The Morgan fingerprint density at radius 2 is 2.00 bits per heavy atom. The van der Waals surface area contributed by atoms with Gasteiger partial charge in [0.25, 0.3) is 0 Å². The molecule has 0 saturated carbocycles. The Balaban J connectivity index is 3.17. The molecule has 0 fully saturated rings. The molecule has 0 aromatic rings. The number of rotatable bonds is 1. The van der Waals surface area contributed by atoms with Crippen LogP contribution in [0.4, 0.5) is 0 Å². The van der Waals surface area contributed by atoms with Crippen molar-refractivity contribution in [2.24, 2.45) is 0 Å². The van der Waals surface area contributed by atoms with Crippen LogP contribution in [-0.4, -0.2) is 18.7 Å². The fourth-order valence-corrected chi connectivity index (χ4v) is 1.57. The maximum atomic E-state index is 11.2. The highest BCUT2D eigenvalue weighted by molar-refractivity contribution is 9.12. The molecule has 0 spiro atoms. The number of Topliss-reactive ketones (excluding diaryl/α,β-unsaturated/α-hetero) is 1. The topological polar surface area (TPSA) is 43.4 Å². The second-order valence-corrected chi connectivity index (χ2v) is 3.16. The fraction of sp³-hybridized carbons (Fsp3) is 0.250. The highest BCUT2D eigenvalue weighted by Crippen LogP contribution is 2.23. The third kappa shape index (κ3) is 1.34. The number of carbonyl (C=O) groups is 2. The normalized spacial score (nSPS) is 18.1. The molecule has 1 aliphatic carbocycles. The van der Waals surface area contributed by atoms with E-state index in [2.05, 4.69) is 15.9 Å². The summed E-state index contributed by atoms with van der Waals surface area (Å²) in [6.45, 7) is 1.59. The molecule has 0 N–H and O–H groups in total. The summed E-state index contributed by atoms with van der Waals surface area (Å²) in [5, 5.41) is 0. The number of ether oxygens (including phenoxy) is 1. The third-order valence-corrected chi connectivity index (χ3v) is 2.25. The lowest BCUT2D eigenvalue weighted by atomic mass is 10.1. The first kappa shape index (κ1) is 9.19. The van der Waals surface area contributed by atoms with Gasteiger partial charge in [0.1, 0.15) is 4.48 Å². The average molecular weight is 232 g/mol. The molecule has 1 aliphatic rings. The molecule has 0 radical (unpaired) electrons. The first-order valence-electron chi connectivity index (χ1n) is 3.29. The van der Waals surface area contributed by atoms with Crippen molar-refractivity contribution in [2.75, 3.05) is 7.11 Å². The van der Waals surface area contributed by atoms with Crippen LogP contribution < -0.4 is 0 Å². The molecular weight excluding hydrogens is 225 g/mol. The van der Waals surface area contributed by atoms with E-state index in [-0.39, 0.29) is 21.8 Å². The van der Waals surface area contributed by atoms with Crippen LogP contribution in [0.2, 0.25) is 0 Å². The van der Waals surface area contributed by atoms with Gasteiger partial charge in [0.2, 0.25) is 5.78 Å². The molecule has 3 nitrogen and oxygen atoms in total. The number of hydrogen-bond donors (Lipinski definition) is 0. The minimum Gasteiger partial charge on any atom is -0.491 e. The van der Waals surface area contributed by atoms with Crippen LogP contribution in [0.25, 0.3) is 0 Å². The van der Waals surface area contributed by atoms with Crippen LogP contribution in [0.5, 0.6) is 0 Å². The lowest BCUT2D eigenvalue weighted by Crippen LogP contribution is -2.16. The zero-order valence-electron chi connectivity index (χ0n) is 6.68. The van der Waals surface area contributed by atoms with Gasteiger partial charge in [0.15, 0.2) is 11.5 Å². The molecule has 0 bridgehead atoms. The smallest absolute Gasteiger partial charge is 0.222 e. The van der Waals surface area contributed by atoms with E-state index < -0.39 is 0 Å². The number of methoxy groups -OCH3 is 1. The molecule has 1 rings (SSSR count). The third-order valence-electron chi connectivity index (χ3n) is 1.53. The summed E-state index contributed by atoms with van der Waals surface area (Å²) in [5.74, 6) is -0.404. The number of carbonyl (C=O) groups excluding carboxylic acids is 2. The largest absolute Gasteiger partial charge is 0.491 e. The van der Waals surface area contributed by atoms with Crippen LogP contribution in [-0.2, 0) is 14.3 Å². The summed E-state index contributed by atoms with van der Waals surface area (Å²) < 4.78 is 4.96. The molecule has 0 aliphatic heterocycles. The summed E-state index contributed by atoms with van der Waals surface area (Å²) >= 11 is 3.00. The van der Waals surface area contributed by atoms with Crippen molar-refractivity contribution in [3.05, 3.63) is 21.9 Å². The maximum Gasteiger partial charge on any atom is 0.222 e. The quantitative estimate of drug-likeness (QED) is 0.506. The van der Waals surface area contributed by atoms with Crippen molar-refractivity contribution in [3.8, 4) is 0 Å². The van der Waals surface area contributed by atoms with E-state index in [1.165, 1.54) is 13.2 Å². The summed E-state index contributed by atoms with van der Waals surface area (Å²) in [6, 6.07) is 0. The molecule has 0 atom stereocenters. The minimum atomic E-state index is -0.276. The van der Waals surface area contributed by atoms with E-state index in [4.69, 9.17) is 4.74 Å². The summed E-state index contributed by atoms with van der Waals surface area (Å²) in [4.78, 5) is 22.4. The van der Waals surface area contributed by atoms with E-state index in [0.717, 1.165) is 0 Å². The Kier molecular flexibility index (Phi) is 2.47. The molecule has 0 amide bonds. The summed E-state index contributed by atoms with van der Waals surface area (Å²) in [5.41, 5.74) is 0.424. The zero-order chi connectivity index (χ0) is 9.30. The standard InChI is InChI=1S/C8H7BrO3/c1-4-3-5(10)8(12-2)6(9)7(4)11/h3H,1-2H3/i6+1. The lowest BCUT2D eigenvalue weighted by Gasteiger charge is -2.10. The van der Waals surface area contributed by atoms with Gasteiger partial charge >= 0.3 is 0 Å². The van der Waals surface area contributed by atoms with Gasteiger partial charge in [-0.25, -0.2) is 0 Å². The van der Waals surface area contributed by atoms with Gasteiger partial charge in [-0.05, 0) is 28.9 Å². The van der Waals surface area contributed by atoms with Crippen molar-refractivity contribution in [3.63, 3.8) is 0 Å². The van der Waals surface area contributed by atoms with E-state index in [1.54, 1.807) is 6.92 Å². The molecular formula is C8H7BrO3. The van der Waals surface area contributed by atoms with Crippen LogP contribution >= 0.6 is 15.9 Å². The van der Waals surface area contributed by atoms with Gasteiger partial charge in [0, 0.05) is 5.57 Å². The number of allylic oxidation sites excluding steroid dienone is 3. The predicted octanol–water partition coefficient (Wildman–Crippen LogP) is 1.34. The van der Waals surface area contributed by atoms with Gasteiger partial charge < -0.3 is 4.74 Å². The summed E-state index contributed by atoms with van der Waals surface area (Å²) in [7, 11) is 1.36. The molecule has 4 heteroatoms. The Bertz CT molecular complexity index is 312. The maximum absolute atomic E-state index is 11.2. The average Bonchev–Trinajstić information content (AvgIpc) is 2.01. The number of ketones is 2. The van der Waals surface area contributed by atoms with Gasteiger partial charge in [-0.1, -0.05) is 0 Å². The van der Waals surface area contributed by atoms with Crippen molar-refractivity contribution >= 4 is 27.5 Å². The highest BCUT2D eigenvalue weighted by Gasteiger charge is 2.25. The Labute approximate surface area is 78.2 Å². The van der Waals surface area contributed by atoms with Crippen molar-refractivity contribution in [1.82, 2.24) is 0 Å². The number of halogens is 1. The monoisotopic (exact) mass is 231 g/mol. The Morgan fingerprint density at radius 1 is 1.42 bits per heavy atom. The van der Waals surface area contributed by atoms with Crippen molar-refractivity contribution in [2.45, 2.75) is 6.92 Å². The summed E-state index contributed by atoms with van der Waals surface area (Å²) in [6.07, 6.45) is 1.27. The van der Waals surface area contributed by atoms with E-state index >= 15 is 0 Å². The molecule has 64 valence electrons. The molecule has 0 unspecified atom stereocenters. The van der Waals surface area contributed by atoms with Gasteiger partial charge in [-0.15, -0.1) is 0 Å². The van der Waals surface area contributed by atoms with Crippen molar-refractivity contribution < 1.29 is 14.3 Å². The Hall–Kier alpha value is -0.900. The number of hydrogen-bond acceptors (Lipinski definition) is 3. The van der Waals surface area contributed by atoms with Crippen LogP contribution in [0.3, 0.4) is 0 Å². The Morgan fingerprint density at radius 3 is 2.50 bits per heavy atom. The van der Waals surface area contributed by atoms with Crippen LogP contribution in [0.15, 0.2) is 21.9 Å². The van der Waals surface area contributed by atoms with E-state index in [1.807, 2.05) is 0 Å². The molecule has 0 heterocycles. The zero-order valence-corrected chi connectivity index (χ0v) is 8.27. The predicted molar refractivity (Wildman–Crippen MR) is 46.7 cm³/mol. The fourth-order valence-electron chi connectivity index (χ4n) is 0.902. The van der Waals surface area contributed by atoms with Gasteiger partial charge in [-0.3, -0.25) is 9.59 Å². The molecule has 0 aromatic carbocycles. The second-order valence-electron chi connectivity index (χ2n) is 2.37. The molecule has 0 aromatic heterocycles. The molecule has 12 heavy (non-hydrogen) atoms. The van der Waals surface area contributed by atoms with Crippen LogP contribution in [0, 0.1) is 0 Å². The first-order chi connectivity index (χ1) is 5.57. The van der Waals surface area contributed by atoms with Crippen molar-refractivity contribution in [1.29, 1.82) is 0 Å². The van der Waals surface area contributed by atoms with Gasteiger partial charge in [0.05, 0.1) is 7.11 Å². The van der Waals surface area contributed by atoms with E-state index in [0.29, 0.717) is 5.57 Å². The molecule has 0 saturated heterocycles. The lowest BCUT2D eigenvalue weighted by molar-refractivity contribution is -0.117. The SMILES string of the molecule is COC1=[13C](Br)C(=O)C(C)=CC1=O. The highest BCUT2D eigenvalue weighted by atomic mass is 79.9. The minimum absolute atomic E-state index is 0.0746.